The fraction of sp³-hybridized carbons (Fsp3) is 1.00. The zero-order valence-electron chi connectivity index (χ0n) is 8.94. The Morgan fingerprint density at radius 1 is 1.15 bits per heavy atom. The molecule has 3 nitrogen and oxygen atoms in total. The van der Waals surface area contributed by atoms with Gasteiger partial charge in [-0.2, -0.15) is 0 Å². The molecule has 0 saturated heterocycles. The van der Waals surface area contributed by atoms with Crippen LogP contribution in [0, 0.1) is 0 Å². The fourth-order valence-electron chi connectivity index (χ4n) is 0.760. The third-order valence-corrected chi connectivity index (χ3v) is 7.60. The third kappa shape index (κ3) is 6.70. The van der Waals surface area contributed by atoms with Crippen LogP contribution in [0.5, 0.6) is 0 Å². The molecule has 0 aliphatic heterocycles. The summed E-state index contributed by atoms with van der Waals surface area (Å²) in [6, 6.07) is 0. The third-order valence-electron chi connectivity index (χ3n) is 0.967. The maximum atomic E-state index is 12.0. The summed E-state index contributed by atoms with van der Waals surface area (Å²) in [6.45, 7) is 9.51. The number of hydrogen-bond donors (Lipinski definition) is 0. The molecule has 0 atom stereocenters. The molecular formula is C8H19O3PSe. The summed E-state index contributed by atoms with van der Waals surface area (Å²) in [6.07, 6.45) is -2.83. The SMILES string of the molecule is CC[Se]P(=O)(OC(C)C)OC(C)C. The van der Waals surface area contributed by atoms with Crippen molar-refractivity contribution in [2.24, 2.45) is 0 Å². The van der Waals surface area contributed by atoms with Crippen LogP contribution < -0.4 is 0 Å². The van der Waals surface area contributed by atoms with Crippen molar-refractivity contribution in [2.75, 3.05) is 0 Å². The van der Waals surface area contributed by atoms with E-state index in [1.54, 1.807) is 0 Å². The van der Waals surface area contributed by atoms with Crippen molar-refractivity contribution in [2.45, 2.75) is 52.1 Å². The molecule has 80 valence electrons. The molecule has 5 heteroatoms. The van der Waals surface area contributed by atoms with Crippen LogP contribution in [0.1, 0.15) is 34.6 Å². The van der Waals surface area contributed by atoms with Gasteiger partial charge in [-0.1, -0.05) is 0 Å². The molecule has 0 unspecified atom stereocenters. The average Bonchev–Trinajstić information content (AvgIpc) is 1.81. The van der Waals surface area contributed by atoms with Crippen molar-refractivity contribution in [3.05, 3.63) is 0 Å². The van der Waals surface area contributed by atoms with Gasteiger partial charge in [0.05, 0.1) is 0 Å². The van der Waals surface area contributed by atoms with Crippen LogP contribution in [0.4, 0.5) is 0 Å². The summed E-state index contributed by atoms with van der Waals surface area (Å²) in [5, 5.41) is 0.879. The van der Waals surface area contributed by atoms with E-state index in [1.165, 1.54) is 0 Å². The van der Waals surface area contributed by atoms with Gasteiger partial charge >= 0.3 is 86.6 Å². The molecule has 0 aromatic carbocycles. The van der Waals surface area contributed by atoms with Crippen molar-refractivity contribution in [3.63, 3.8) is 0 Å². The molecule has 0 aliphatic carbocycles. The standard InChI is InChI=1S/C8H19O3PSe/c1-6-13-12(9,10-7(2)3)11-8(4)5/h7-8H,6H2,1-5H3. The Morgan fingerprint density at radius 3 is 1.77 bits per heavy atom. The first-order chi connectivity index (χ1) is 5.89. The average molecular weight is 273 g/mol. The topological polar surface area (TPSA) is 35.5 Å². The summed E-state index contributed by atoms with van der Waals surface area (Å²) in [5.74, 6) is 0. The predicted octanol–water partition coefficient (Wildman–Crippen LogP) is 3.09. The molecule has 0 radical (unpaired) electrons. The molecule has 0 aliphatic rings. The summed E-state index contributed by atoms with van der Waals surface area (Å²) >= 11 is -0.0540. The molecule has 0 spiro atoms. The maximum absolute atomic E-state index is 12.0. The Kier molecular flexibility index (Phi) is 6.53. The van der Waals surface area contributed by atoms with Crippen LogP contribution in [0.3, 0.4) is 0 Å². The molecule has 0 aromatic rings. The molecular weight excluding hydrogens is 254 g/mol. The molecule has 13 heavy (non-hydrogen) atoms. The Bertz CT molecular complexity index is 168. The van der Waals surface area contributed by atoms with Gasteiger partial charge in [0.15, 0.2) is 0 Å². The van der Waals surface area contributed by atoms with E-state index in [9.17, 15) is 4.57 Å². The Hall–Kier alpha value is 0.669. The predicted molar refractivity (Wildman–Crippen MR) is 56.3 cm³/mol. The van der Waals surface area contributed by atoms with Gasteiger partial charge < -0.3 is 0 Å². The second-order valence-corrected chi connectivity index (χ2v) is 10.4. The van der Waals surface area contributed by atoms with Crippen molar-refractivity contribution in [1.29, 1.82) is 0 Å². The van der Waals surface area contributed by atoms with Gasteiger partial charge in [0.2, 0.25) is 0 Å². The minimum absolute atomic E-state index is 0.0296. The van der Waals surface area contributed by atoms with E-state index in [1.807, 2.05) is 34.6 Å². The molecule has 0 aromatic heterocycles. The van der Waals surface area contributed by atoms with Gasteiger partial charge in [-0.15, -0.1) is 0 Å². The second kappa shape index (κ2) is 6.21. The van der Waals surface area contributed by atoms with Gasteiger partial charge in [-0.3, -0.25) is 0 Å². The van der Waals surface area contributed by atoms with Gasteiger partial charge in [-0.25, -0.2) is 0 Å². The quantitative estimate of drug-likeness (QED) is 0.551. The van der Waals surface area contributed by atoms with Gasteiger partial charge in [0.25, 0.3) is 0 Å². The van der Waals surface area contributed by atoms with Crippen molar-refractivity contribution in [3.8, 4) is 0 Å². The molecule has 0 N–H and O–H groups in total. The normalized spacial score (nSPS) is 12.8. The Balaban J connectivity index is 4.25. The van der Waals surface area contributed by atoms with Gasteiger partial charge in [-0.05, 0) is 0 Å². The molecule has 0 saturated carbocycles. The summed E-state index contributed by atoms with van der Waals surface area (Å²) in [4.78, 5) is 0. The van der Waals surface area contributed by atoms with Crippen LogP contribution in [0.15, 0.2) is 0 Å². The van der Waals surface area contributed by atoms with E-state index < -0.39 is 6.29 Å². The first kappa shape index (κ1) is 13.7. The number of hydrogen-bond acceptors (Lipinski definition) is 3. The molecule has 0 heterocycles. The zero-order chi connectivity index (χ0) is 10.5. The van der Waals surface area contributed by atoms with Crippen LogP contribution in [0.2, 0.25) is 5.32 Å². The fourth-order valence-corrected chi connectivity index (χ4v) is 7.20. The van der Waals surface area contributed by atoms with Crippen molar-refractivity contribution in [1.82, 2.24) is 0 Å². The van der Waals surface area contributed by atoms with E-state index in [0.29, 0.717) is 0 Å². The van der Waals surface area contributed by atoms with Crippen molar-refractivity contribution < 1.29 is 13.6 Å². The molecule has 0 amide bonds. The van der Waals surface area contributed by atoms with E-state index >= 15 is 0 Å². The minimum atomic E-state index is -2.77. The summed E-state index contributed by atoms with van der Waals surface area (Å²) in [5.41, 5.74) is 0. The summed E-state index contributed by atoms with van der Waals surface area (Å²) < 4.78 is 22.7. The molecule has 0 bridgehead atoms. The van der Waals surface area contributed by atoms with Crippen LogP contribution in [0.25, 0.3) is 0 Å². The van der Waals surface area contributed by atoms with Crippen molar-refractivity contribution >= 4 is 20.8 Å². The molecule has 0 fully saturated rings. The van der Waals surface area contributed by atoms with E-state index in [0.717, 1.165) is 5.32 Å². The van der Waals surface area contributed by atoms with Crippen LogP contribution >= 0.6 is 6.29 Å². The number of rotatable bonds is 6. The Labute approximate surface area is 86.9 Å². The van der Waals surface area contributed by atoms with E-state index in [-0.39, 0.29) is 26.7 Å². The van der Waals surface area contributed by atoms with Gasteiger partial charge in [0, 0.05) is 0 Å². The zero-order valence-corrected chi connectivity index (χ0v) is 11.5. The second-order valence-electron chi connectivity index (χ2n) is 3.17. The van der Waals surface area contributed by atoms with E-state index in [4.69, 9.17) is 9.05 Å². The van der Waals surface area contributed by atoms with Crippen LogP contribution in [-0.4, -0.2) is 26.7 Å². The van der Waals surface area contributed by atoms with E-state index in [2.05, 4.69) is 0 Å². The van der Waals surface area contributed by atoms with Crippen LogP contribution in [-0.2, 0) is 13.6 Å². The summed E-state index contributed by atoms with van der Waals surface area (Å²) in [7, 11) is 0. The monoisotopic (exact) mass is 274 g/mol. The Morgan fingerprint density at radius 2 is 1.54 bits per heavy atom. The first-order valence-electron chi connectivity index (χ1n) is 4.51. The van der Waals surface area contributed by atoms with Gasteiger partial charge in [0.1, 0.15) is 0 Å². The molecule has 0 rings (SSSR count). The first-order valence-corrected chi connectivity index (χ1v) is 9.48.